The molecule has 0 unspecified atom stereocenters. The van der Waals surface area contributed by atoms with Crippen LogP contribution in [0.2, 0.25) is 0 Å². The molecule has 0 spiro atoms. The lowest BCUT2D eigenvalue weighted by molar-refractivity contribution is -0.147. The molecular weight excluding hydrogens is 358 g/mol. The smallest absolute Gasteiger partial charge is 0.244 e. The predicted octanol–water partition coefficient (Wildman–Crippen LogP) is 1.89. The van der Waals surface area contributed by atoms with Gasteiger partial charge in [0.1, 0.15) is 6.04 Å². The van der Waals surface area contributed by atoms with Crippen LogP contribution in [-0.2, 0) is 20.8 Å². The van der Waals surface area contributed by atoms with Crippen LogP contribution in [0.4, 0.5) is 0 Å². The third kappa shape index (κ3) is 4.90. The predicted molar refractivity (Wildman–Crippen MR) is 105 cm³/mol. The summed E-state index contributed by atoms with van der Waals surface area (Å²) in [5.41, 5.74) is 1.95. The van der Waals surface area contributed by atoms with Gasteiger partial charge in [-0.25, -0.2) is 5.48 Å². The maximum atomic E-state index is 13.4. The molecule has 28 heavy (non-hydrogen) atoms. The zero-order valence-electron chi connectivity index (χ0n) is 16.9. The molecule has 7 nitrogen and oxygen atoms in total. The second kappa shape index (κ2) is 9.68. The van der Waals surface area contributed by atoms with E-state index in [4.69, 9.17) is 5.21 Å². The number of likely N-dealkylation sites (tertiary alicyclic amines) is 1. The normalized spacial score (nSPS) is 20.3. The average molecular weight is 389 g/mol. The number of nitrogens with zero attached hydrogens (tertiary/aromatic N) is 1. The summed E-state index contributed by atoms with van der Waals surface area (Å²) in [5, 5.41) is 11.6. The number of carbonyl (C=O) groups excluding carboxylic acids is 3. The Bertz CT molecular complexity index is 692. The molecule has 1 aliphatic heterocycles. The van der Waals surface area contributed by atoms with Crippen molar-refractivity contribution in [3.05, 3.63) is 35.9 Å². The topological polar surface area (TPSA) is 98.7 Å². The first-order valence-corrected chi connectivity index (χ1v) is 9.84. The monoisotopic (exact) mass is 389 g/mol. The van der Waals surface area contributed by atoms with E-state index in [1.807, 2.05) is 44.2 Å². The molecule has 0 saturated carbocycles. The first kappa shape index (κ1) is 21.9. The van der Waals surface area contributed by atoms with Crippen molar-refractivity contribution in [2.24, 2.45) is 11.3 Å². The average Bonchev–Trinajstić information content (AvgIpc) is 2.98. The van der Waals surface area contributed by atoms with Crippen molar-refractivity contribution in [3.63, 3.8) is 0 Å². The Labute approximate surface area is 166 Å². The second-order valence-corrected chi connectivity index (χ2v) is 7.88. The molecule has 0 radical (unpaired) electrons. The minimum atomic E-state index is -0.886. The number of aryl methyl sites for hydroxylation is 1. The van der Waals surface area contributed by atoms with Gasteiger partial charge in [-0.3, -0.25) is 19.6 Å². The Kier molecular flexibility index (Phi) is 7.57. The van der Waals surface area contributed by atoms with Crippen molar-refractivity contribution in [1.82, 2.24) is 15.7 Å². The van der Waals surface area contributed by atoms with Crippen LogP contribution in [0.3, 0.4) is 0 Å². The summed E-state index contributed by atoms with van der Waals surface area (Å²) in [6, 6.07) is 9.42. The van der Waals surface area contributed by atoms with Gasteiger partial charge in [0, 0.05) is 20.0 Å². The number of hydrogen-bond donors (Lipinski definition) is 3. The summed E-state index contributed by atoms with van der Waals surface area (Å²) in [4.78, 5) is 39.3. The molecule has 0 aromatic heterocycles. The van der Waals surface area contributed by atoms with Crippen LogP contribution < -0.4 is 10.8 Å². The van der Waals surface area contributed by atoms with Gasteiger partial charge in [0.15, 0.2) is 0 Å². The van der Waals surface area contributed by atoms with E-state index in [0.29, 0.717) is 19.4 Å². The van der Waals surface area contributed by atoms with Gasteiger partial charge in [0.2, 0.25) is 17.7 Å². The number of amides is 3. The number of rotatable bonds is 9. The lowest BCUT2D eigenvalue weighted by atomic mass is 9.77. The molecule has 0 bridgehead atoms. The van der Waals surface area contributed by atoms with Gasteiger partial charge in [-0.2, -0.15) is 0 Å². The highest BCUT2D eigenvalue weighted by atomic mass is 16.5. The maximum absolute atomic E-state index is 13.4. The van der Waals surface area contributed by atoms with E-state index < -0.39 is 17.4 Å². The van der Waals surface area contributed by atoms with Gasteiger partial charge in [0.05, 0.1) is 5.41 Å². The standard InChI is InChI=1S/C21H31N3O4/c1-15(2)18(19(26)22-3)24-13-12-21(20(24)27,14-17(25)23-28)11-7-10-16-8-5-4-6-9-16/h4-6,8-9,15,18,28H,7,10-14H2,1-3H3,(H,22,26)(H,23,25)/t18-,21+/m1/s1. The van der Waals surface area contributed by atoms with Crippen LogP contribution in [0.15, 0.2) is 30.3 Å². The molecule has 1 heterocycles. The number of carbonyl (C=O) groups is 3. The molecule has 3 N–H and O–H groups in total. The molecule has 0 aliphatic carbocycles. The SMILES string of the molecule is CNC(=O)[C@@H](C(C)C)N1CC[C@@](CCCc2ccccc2)(CC(=O)NO)C1=O. The second-order valence-electron chi connectivity index (χ2n) is 7.88. The Morgan fingerprint density at radius 1 is 1.25 bits per heavy atom. The summed E-state index contributed by atoms with van der Waals surface area (Å²) in [6.45, 7) is 4.24. The lowest BCUT2D eigenvalue weighted by Crippen LogP contribution is -2.51. The quantitative estimate of drug-likeness (QED) is 0.444. The summed E-state index contributed by atoms with van der Waals surface area (Å²) >= 11 is 0. The van der Waals surface area contributed by atoms with Crippen molar-refractivity contribution < 1.29 is 19.6 Å². The van der Waals surface area contributed by atoms with Gasteiger partial charge in [0.25, 0.3) is 0 Å². The van der Waals surface area contributed by atoms with E-state index in [0.717, 1.165) is 12.8 Å². The van der Waals surface area contributed by atoms with Crippen LogP contribution in [-0.4, -0.2) is 47.5 Å². The van der Waals surface area contributed by atoms with E-state index in [-0.39, 0.29) is 24.2 Å². The fraction of sp³-hybridized carbons (Fsp3) is 0.571. The third-order valence-electron chi connectivity index (χ3n) is 5.62. The Morgan fingerprint density at radius 2 is 1.93 bits per heavy atom. The molecular formula is C21H31N3O4. The van der Waals surface area contributed by atoms with Crippen LogP contribution >= 0.6 is 0 Å². The number of benzene rings is 1. The molecule has 1 fully saturated rings. The molecule has 1 aliphatic rings. The fourth-order valence-corrected chi connectivity index (χ4v) is 4.17. The van der Waals surface area contributed by atoms with Gasteiger partial charge >= 0.3 is 0 Å². The zero-order valence-corrected chi connectivity index (χ0v) is 16.9. The Balaban J connectivity index is 2.18. The number of hydroxylamine groups is 1. The van der Waals surface area contributed by atoms with E-state index in [1.165, 1.54) is 5.56 Å². The first-order chi connectivity index (χ1) is 13.3. The van der Waals surface area contributed by atoms with E-state index in [9.17, 15) is 14.4 Å². The van der Waals surface area contributed by atoms with Crippen LogP contribution in [0, 0.1) is 11.3 Å². The van der Waals surface area contributed by atoms with Gasteiger partial charge in [-0.05, 0) is 37.2 Å². The van der Waals surface area contributed by atoms with Gasteiger partial charge < -0.3 is 10.2 Å². The summed E-state index contributed by atoms with van der Waals surface area (Å²) in [7, 11) is 1.56. The van der Waals surface area contributed by atoms with E-state index in [1.54, 1.807) is 17.4 Å². The van der Waals surface area contributed by atoms with Crippen molar-refractivity contribution in [1.29, 1.82) is 0 Å². The van der Waals surface area contributed by atoms with Crippen LogP contribution in [0.1, 0.15) is 45.1 Å². The number of likely N-dealkylation sites (N-methyl/N-ethyl adjacent to an activating group) is 1. The van der Waals surface area contributed by atoms with Gasteiger partial charge in [-0.15, -0.1) is 0 Å². The van der Waals surface area contributed by atoms with Crippen molar-refractivity contribution >= 4 is 17.7 Å². The maximum Gasteiger partial charge on any atom is 0.244 e. The highest BCUT2D eigenvalue weighted by Crippen LogP contribution is 2.41. The van der Waals surface area contributed by atoms with Gasteiger partial charge in [-0.1, -0.05) is 44.2 Å². The largest absolute Gasteiger partial charge is 0.357 e. The molecule has 1 saturated heterocycles. The minimum absolute atomic E-state index is 0.0457. The Hall–Kier alpha value is -2.41. The Morgan fingerprint density at radius 3 is 2.50 bits per heavy atom. The number of hydrogen-bond acceptors (Lipinski definition) is 4. The zero-order chi connectivity index (χ0) is 20.7. The fourth-order valence-electron chi connectivity index (χ4n) is 4.17. The number of nitrogens with one attached hydrogen (secondary N) is 2. The molecule has 2 rings (SSSR count). The highest BCUT2D eigenvalue weighted by molar-refractivity contribution is 5.94. The molecule has 7 heteroatoms. The highest BCUT2D eigenvalue weighted by Gasteiger charge is 2.50. The van der Waals surface area contributed by atoms with Crippen LogP contribution in [0.5, 0.6) is 0 Å². The molecule has 2 atom stereocenters. The lowest BCUT2D eigenvalue weighted by Gasteiger charge is -2.32. The summed E-state index contributed by atoms with van der Waals surface area (Å²) in [6.07, 6.45) is 2.50. The first-order valence-electron chi connectivity index (χ1n) is 9.84. The van der Waals surface area contributed by atoms with E-state index in [2.05, 4.69) is 5.32 Å². The molecule has 1 aromatic carbocycles. The third-order valence-corrected chi connectivity index (χ3v) is 5.62. The van der Waals surface area contributed by atoms with Crippen molar-refractivity contribution in [2.45, 2.75) is 52.0 Å². The van der Waals surface area contributed by atoms with E-state index >= 15 is 0 Å². The van der Waals surface area contributed by atoms with Crippen LogP contribution in [0.25, 0.3) is 0 Å². The van der Waals surface area contributed by atoms with Crippen molar-refractivity contribution in [2.75, 3.05) is 13.6 Å². The molecule has 154 valence electrons. The molecule has 1 aromatic rings. The summed E-state index contributed by atoms with van der Waals surface area (Å²) in [5.74, 6) is -0.992. The minimum Gasteiger partial charge on any atom is -0.357 e. The molecule has 3 amide bonds. The summed E-state index contributed by atoms with van der Waals surface area (Å²) < 4.78 is 0. The van der Waals surface area contributed by atoms with Crippen molar-refractivity contribution in [3.8, 4) is 0 Å².